The highest BCUT2D eigenvalue weighted by atomic mass is 32.1. The molecule has 2 amide bonds. The minimum absolute atomic E-state index is 0.239. The zero-order valence-electron chi connectivity index (χ0n) is 12.4. The Morgan fingerprint density at radius 1 is 1.05 bits per heavy atom. The summed E-state index contributed by atoms with van der Waals surface area (Å²) in [5.74, 6) is -0.490. The number of benzene rings is 1. The van der Waals surface area contributed by atoms with Crippen LogP contribution in [0.15, 0.2) is 53.5 Å². The number of rotatable bonds is 4. The van der Waals surface area contributed by atoms with Crippen molar-refractivity contribution in [2.24, 2.45) is 0 Å². The van der Waals surface area contributed by atoms with Crippen molar-refractivity contribution in [2.45, 2.75) is 6.92 Å². The van der Waals surface area contributed by atoms with Gasteiger partial charge in [0.2, 0.25) is 0 Å². The molecule has 2 aromatic rings. The van der Waals surface area contributed by atoms with Crippen molar-refractivity contribution in [1.29, 1.82) is 0 Å². The van der Waals surface area contributed by atoms with Crippen LogP contribution in [0.25, 0.3) is 5.57 Å². The van der Waals surface area contributed by atoms with E-state index in [2.05, 4.69) is 0 Å². The summed E-state index contributed by atoms with van der Waals surface area (Å²) in [5, 5.41) is 1.91. The van der Waals surface area contributed by atoms with Gasteiger partial charge in [0.25, 0.3) is 11.8 Å². The van der Waals surface area contributed by atoms with Crippen molar-refractivity contribution in [3.63, 3.8) is 0 Å². The molecule has 0 saturated carbocycles. The van der Waals surface area contributed by atoms with Crippen LogP contribution in [-0.4, -0.2) is 30.3 Å². The topological polar surface area (TPSA) is 40.6 Å². The standard InChI is InChI=1S/C17H16N2O2S/c1-3-19(12-8-5-4-6-9-12)15-14(13-10-7-11-22-13)16(20)18(2)17(15)21/h4-11H,3H2,1-2H3. The maximum absolute atomic E-state index is 12.6. The van der Waals surface area contributed by atoms with Crippen molar-refractivity contribution in [2.75, 3.05) is 18.5 Å². The van der Waals surface area contributed by atoms with Gasteiger partial charge in [-0.15, -0.1) is 11.3 Å². The molecule has 0 spiro atoms. The van der Waals surface area contributed by atoms with Gasteiger partial charge in [0.1, 0.15) is 5.70 Å². The van der Waals surface area contributed by atoms with E-state index < -0.39 is 0 Å². The number of imide groups is 1. The summed E-state index contributed by atoms with van der Waals surface area (Å²) in [6.07, 6.45) is 0. The molecule has 0 fully saturated rings. The van der Waals surface area contributed by atoms with Gasteiger partial charge in [-0.3, -0.25) is 14.5 Å². The van der Waals surface area contributed by atoms with Crippen LogP contribution in [0.1, 0.15) is 11.8 Å². The van der Waals surface area contributed by atoms with Gasteiger partial charge in [-0.05, 0) is 30.5 Å². The normalized spacial score (nSPS) is 14.9. The molecule has 0 saturated heterocycles. The van der Waals surface area contributed by atoms with E-state index in [0.29, 0.717) is 17.8 Å². The van der Waals surface area contributed by atoms with E-state index in [9.17, 15) is 9.59 Å². The summed E-state index contributed by atoms with van der Waals surface area (Å²) < 4.78 is 0. The van der Waals surface area contributed by atoms with Crippen LogP contribution < -0.4 is 4.90 Å². The summed E-state index contributed by atoms with van der Waals surface area (Å²) in [4.78, 5) is 29.0. The number of hydrogen-bond donors (Lipinski definition) is 0. The quantitative estimate of drug-likeness (QED) is 0.815. The van der Waals surface area contributed by atoms with Gasteiger partial charge in [-0.25, -0.2) is 0 Å². The number of anilines is 1. The lowest BCUT2D eigenvalue weighted by Crippen LogP contribution is -2.32. The molecular formula is C17H16N2O2S. The predicted molar refractivity (Wildman–Crippen MR) is 88.5 cm³/mol. The number of carbonyl (C=O) groups excluding carboxylic acids is 2. The van der Waals surface area contributed by atoms with Gasteiger partial charge in [0.05, 0.1) is 5.57 Å². The van der Waals surface area contributed by atoms with E-state index in [1.807, 2.05) is 59.7 Å². The van der Waals surface area contributed by atoms with Crippen molar-refractivity contribution < 1.29 is 9.59 Å². The highest BCUT2D eigenvalue weighted by Gasteiger charge is 2.39. The Bertz CT molecular complexity index is 735. The SMILES string of the molecule is CCN(C1=C(c2cccs2)C(=O)N(C)C1=O)c1ccccc1. The molecule has 0 bridgehead atoms. The molecule has 0 unspecified atom stereocenters. The first kappa shape index (κ1) is 14.5. The van der Waals surface area contributed by atoms with Gasteiger partial charge < -0.3 is 4.90 Å². The first-order chi connectivity index (χ1) is 10.6. The van der Waals surface area contributed by atoms with Crippen LogP contribution in [0.5, 0.6) is 0 Å². The molecule has 1 aliphatic heterocycles. The van der Waals surface area contributed by atoms with Crippen molar-refractivity contribution in [3.8, 4) is 0 Å². The molecule has 1 aliphatic rings. The lowest BCUT2D eigenvalue weighted by Gasteiger charge is -2.24. The number of nitrogens with zero attached hydrogens (tertiary/aromatic N) is 2. The average molecular weight is 312 g/mol. The van der Waals surface area contributed by atoms with Crippen LogP contribution in [0.3, 0.4) is 0 Å². The van der Waals surface area contributed by atoms with E-state index in [1.54, 1.807) is 0 Å². The molecule has 4 nitrogen and oxygen atoms in total. The maximum atomic E-state index is 12.6. The van der Waals surface area contributed by atoms with Gasteiger partial charge in [-0.2, -0.15) is 0 Å². The minimum Gasteiger partial charge on any atom is -0.337 e. The monoisotopic (exact) mass is 312 g/mol. The summed E-state index contributed by atoms with van der Waals surface area (Å²) in [7, 11) is 1.53. The van der Waals surface area contributed by atoms with Crippen molar-refractivity contribution in [1.82, 2.24) is 4.90 Å². The second kappa shape index (κ2) is 5.77. The first-order valence-electron chi connectivity index (χ1n) is 7.08. The summed E-state index contributed by atoms with van der Waals surface area (Å²) in [6, 6.07) is 13.4. The van der Waals surface area contributed by atoms with E-state index in [0.717, 1.165) is 10.6 Å². The Morgan fingerprint density at radius 2 is 1.77 bits per heavy atom. The molecule has 0 atom stereocenters. The summed E-state index contributed by atoms with van der Waals surface area (Å²) in [5.41, 5.74) is 1.86. The molecule has 0 radical (unpaired) electrons. The molecule has 2 heterocycles. The third-order valence-corrected chi connectivity index (χ3v) is 4.57. The van der Waals surface area contributed by atoms with E-state index in [-0.39, 0.29) is 11.8 Å². The van der Waals surface area contributed by atoms with Gasteiger partial charge in [0, 0.05) is 24.2 Å². The fraction of sp³-hybridized carbons (Fsp3) is 0.176. The summed E-state index contributed by atoms with van der Waals surface area (Å²) >= 11 is 1.47. The number of para-hydroxylation sites is 1. The Kier molecular flexibility index (Phi) is 3.81. The molecule has 1 aromatic carbocycles. The number of carbonyl (C=O) groups is 2. The Hall–Kier alpha value is -2.40. The van der Waals surface area contributed by atoms with Gasteiger partial charge in [-0.1, -0.05) is 24.3 Å². The van der Waals surface area contributed by atoms with E-state index in [1.165, 1.54) is 23.3 Å². The highest BCUT2D eigenvalue weighted by molar-refractivity contribution is 7.11. The predicted octanol–water partition coefficient (Wildman–Crippen LogP) is 2.98. The van der Waals surface area contributed by atoms with Crippen molar-refractivity contribution in [3.05, 3.63) is 58.4 Å². The van der Waals surface area contributed by atoms with E-state index in [4.69, 9.17) is 0 Å². The Balaban J connectivity index is 2.19. The fourth-order valence-corrected chi connectivity index (χ4v) is 3.36. The smallest absolute Gasteiger partial charge is 0.277 e. The van der Waals surface area contributed by atoms with Crippen LogP contribution in [0, 0.1) is 0 Å². The maximum Gasteiger partial charge on any atom is 0.277 e. The molecule has 0 N–H and O–H groups in total. The summed E-state index contributed by atoms with van der Waals surface area (Å²) in [6.45, 7) is 2.59. The molecule has 5 heteroatoms. The molecule has 112 valence electrons. The lowest BCUT2D eigenvalue weighted by atomic mass is 10.1. The zero-order chi connectivity index (χ0) is 15.7. The number of hydrogen-bond acceptors (Lipinski definition) is 4. The van der Waals surface area contributed by atoms with Crippen LogP contribution in [0.2, 0.25) is 0 Å². The number of amides is 2. The molecule has 0 aliphatic carbocycles. The van der Waals surface area contributed by atoms with Crippen LogP contribution in [0.4, 0.5) is 5.69 Å². The Labute approximate surface area is 133 Å². The molecule has 3 rings (SSSR count). The number of likely N-dealkylation sites (N-methyl/N-ethyl adjacent to an activating group) is 2. The fourth-order valence-electron chi connectivity index (χ4n) is 2.60. The van der Waals surface area contributed by atoms with Crippen LogP contribution in [-0.2, 0) is 9.59 Å². The highest BCUT2D eigenvalue weighted by Crippen LogP contribution is 2.35. The first-order valence-corrected chi connectivity index (χ1v) is 7.96. The Morgan fingerprint density at radius 3 is 2.36 bits per heavy atom. The third-order valence-electron chi connectivity index (χ3n) is 3.68. The minimum atomic E-state index is -0.251. The van der Waals surface area contributed by atoms with Crippen molar-refractivity contribution >= 4 is 34.4 Å². The molecule has 22 heavy (non-hydrogen) atoms. The number of thiophene rings is 1. The second-order valence-corrected chi connectivity index (χ2v) is 5.90. The molecule has 1 aromatic heterocycles. The largest absolute Gasteiger partial charge is 0.337 e. The van der Waals surface area contributed by atoms with Gasteiger partial charge >= 0.3 is 0 Å². The average Bonchev–Trinajstić information content (AvgIpc) is 3.14. The zero-order valence-corrected chi connectivity index (χ0v) is 13.3. The van der Waals surface area contributed by atoms with Crippen LogP contribution >= 0.6 is 11.3 Å². The van der Waals surface area contributed by atoms with Gasteiger partial charge in [0.15, 0.2) is 0 Å². The lowest BCUT2D eigenvalue weighted by molar-refractivity contribution is -0.135. The van der Waals surface area contributed by atoms with E-state index >= 15 is 0 Å². The third kappa shape index (κ3) is 2.23. The molecular weight excluding hydrogens is 296 g/mol. The second-order valence-electron chi connectivity index (χ2n) is 4.95.